The van der Waals surface area contributed by atoms with Gasteiger partial charge in [0.1, 0.15) is 0 Å². The van der Waals surface area contributed by atoms with Gasteiger partial charge >= 0.3 is 0 Å². The molecule has 2 aromatic rings. The minimum atomic E-state index is 0.152. The Labute approximate surface area is 111 Å². The van der Waals surface area contributed by atoms with Crippen molar-refractivity contribution in [2.45, 2.75) is 19.3 Å². The molecule has 0 N–H and O–H groups in total. The molecule has 1 aromatic heterocycles. The topological polar surface area (TPSA) is 59.2 Å². The first-order chi connectivity index (χ1) is 9.22. The monoisotopic (exact) mass is 257 g/mol. The molecule has 0 saturated carbocycles. The summed E-state index contributed by atoms with van der Waals surface area (Å²) in [7, 11) is 0. The number of nitrogens with zero attached hydrogens (tertiary/aromatic N) is 3. The number of hydrogen-bond donors (Lipinski definition) is 0. The zero-order valence-electron chi connectivity index (χ0n) is 10.7. The van der Waals surface area contributed by atoms with E-state index in [0.29, 0.717) is 31.2 Å². The van der Waals surface area contributed by atoms with Crippen molar-refractivity contribution in [3.05, 3.63) is 47.6 Å². The fourth-order valence-corrected chi connectivity index (χ4v) is 2.20. The Morgan fingerprint density at radius 2 is 2.11 bits per heavy atom. The molecule has 0 unspecified atom stereocenters. The maximum absolute atomic E-state index is 12.0. The molecule has 3 rings (SSSR count). The highest BCUT2D eigenvalue weighted by Gasteiger charge is 2.35. The number of carbonyl (C=O) groups excluding carboxylic acids is 1. The van der Waals surface area contributed by atoms with Gasteiger partial charge in [0, 0.05) is 13.1 Å². The fraction of sp³-hybridized carbons (Fsp3) is 0.357. The van der Waals surface area contributed by atoms with Crippen LogP contribution >= 0.6 is 0 Å². The summed E-state index contributed by atoms with van der Waals surface area (Å²) >= 11 is 0. The Hall–Kier alpha value is -2.17. The average molecular weight is 257 g/mol. The molecule has 1 amide bonds. The number of likely N-dealkylation sites (tertiary alicyclic amines) is 1. The second-order valence-electron chi connectivity index (χ2n) is 4.84. The van der Waals surface area contributed by atoms with Gasteiger partial charge in [-0.05, 0) is 12.5 Å². The Morgan fingerprint density at radius 1 is 1.37 bits per heavy atom. The quantitative estimate of drug-likeness (QED) is 0.837. The molecule has 2 heterocycles. The smallest absolute Gasteiger partial charge is 0.233 e. The third kappa shape index (κ3) is 2.50. The van der Waals surface area contributed by atoms with Crippen LogP contribution in [0.5, 0.6) is 0 Å². The van der Waals surface area contributed by atoms with Crippen LogP contribution in [0.15, 0.2) is 34.9 Å². The molecule has 0 bridgehead atoms. The van der Waals surface area contributed by atoms with Gasteiger partial charge in [-0.15, -0.1) is 0 Å². The van der Waals surface area contributed by atoms with E-state index in [2.05, 4.69) is 10.1 Å². The van der Waals surface area contributed by atoms with Crippen molar-refractivity contribution in [2.24, 2.45) is 0 Å². The molecule has 0 aliphatic carbocycles. The largest absolute Gasteiger partial charge is 0.341 e. The van der Waals surface area contributed by atoms with Crippen LogP contribution < -0.4 is 0 Å². The molecule has 19 heavy (non-hydrogen) atoms. The molecule has 1 aromatic carbocycles. The van der Waals surface area contributed by atoms with E-state index in [0.717, 1.165) is 5.56 Å². The zero-order valence-corrected chi connectivity index (χ0v) is 10.7. The lowest BCUT2D eigenvalue weighted by atomic mass is 9.99. The lowest BCUT2D eigenvalue weighted by Crippen LogP contribution is -2.49. The summed E-state index contributed by atoms with van der Waals surface area (Å²) in [5, 5.41) is 3.77. The van der Waals surface area contributed by atoms with Gasteiger partial charge in [-0.2, -0.15) is 4.98 Å². The maximum atomic E-state index is 12.0. The van der Waals surface area contributed by atoms with Crippen molar-refractivity contribution < 1.29 is 9.32 Å². The molecule has 98 valence electrons. The summed E-state index contributed by atoms with van der Waals surface area (Å²) in [5.41, 5.74) is 1.05. The number of hydrogen-bond acceptors (Lipinski definition) is 4. The van der Waals surface area contributed by atoms with Gasteiger partial charge in [-0.25, -0.2) is 0 Å². The van der Waals surface area contributed by atoms with Crippen LogP contribution in [0.2, 0.25) is 0 Å². The summed E-state index contributed by atoms with van der Waals surface area (Å²) in [4.78, 5) is 18.1. The molecule has 1 aliphatic heterocycles. The molecular formula is C14H15N3O2. The van der Waals surface area contributed by atoms with E-state index < -0.39 is 0 Å². The minimum Gasteiger partial charge on any atom is -0.341 e. The van der Waals surface area contributed by atoms with Gasteiger partial charge in [0.25, 0.3) is 0 Å². The number of aryl methyl sites for hydroxylation is 1. The second-order valence-corrected chi connectivity index (χ2v) is 4.84. The van der Waals surface area contributed by atoms with Crippen molar-refractivity contribution in [2.75, 3.05) is 13.1 Å². The summed E-state index contributed by atoms with van der Waals surface area (Å²) < 4.78 is 5.12. The third-order valence-corrected chi connectivity index (χ3v) is 3.32. The lowest BCUT2D eigenvalue weighted by Gasteiger charge is -2.37. The van der Waals surface area contributed by atoms with Crippen LogP contribution in [0.4, 0.5) is 0 Å². The summed E-state index contributed by atoms with van der Waals surface area (Å²) in [6.07, 6.45) is 0.455. The van der Waals surface area contributed by atoms with Crippen molar-refractivity contribution >= 4 is 5.91 Å². The summed E-state index contributed by atoms with van der Waals surface area (Å²) in [5.74, 6) is 1.63. The number of benzene rings is 1. The van der Waals surface area contributed by atoms with Crippen molar-refractivity contribution in [3.63, 3.8) is 0 Å². The molecule has 1 fully saturated rings. The van der Waals surface area contributed by atoms with Gasteiger partial charge in [0.2, 0.25) is 11.8 Å². The predicted molar refractivity (Wildman–Crippen MR) is 68.5 cm³/mol. The Morgan fingerprint density at radius 3 is 2.74 bits per heavy atom. The SMILES string of the molecule is Cc1noc(C2CN(C(=O)Cc3ccccc3)C2)n1. The highest BCUT2D eigenvalue weighted by molar-refractivity contribution is 5.79. The Kier molecular flexibility index (Phi) is 3.03. The van der Waals surface area contributed by atoms with Gasteiger partial charge in [-0.1, -0.05) is 35.5 Å². The third-order valence-electron chi connectivity index (χ3n) is 3.32. The van der Waals surface area contributed by atoms with Crippen LogP contribution in [0.3, 0.4) is 0 Å². The van der Waals surface area contributed by atoms with Gasteiger partial charge in [0.05, 0.1) is 12.3 Å². The Balaban J connectivity index is 1.54. The van der Waals surface area contributed by atoms with Crippen LogP contribution in [0, 0.1) is 6.92 Å². The van der Waals surface area contributed by atoms with E-state index in [-0.39, 0.29) is 11.8 Å². The van der Waals surface area contributed by atoms with Gasteiger partial charge < -0.3 is 9.42 Å². The highest BCUT2D eigenvalue weighted by Crippen LogP contribution is 2.26. The number of carbonyl (C=O) groups is 1. The van der Waals surface area contributed by atoms with E-state index in [4.69, 9.17) is 4.52 Å². The highest BCUT2D eigenvalue weighted by atomic mass is 16.5. The second kappa shape index (κ2) is 4.84. The molecule has 0 atom stereocenters. The average Bonchev–Trinajstić information content (AvgIpc) is 2.75. The van der Waals surface area contributed by atoms with Crippen molar-refractivity contribution in [1.82, 2.24) is 15.0 Å². The predicted octanol–water partition coefficient (Wildman–Crippen LogP) is 1.55. The summed E-state index contributed by atoms with van der Waals surface area (Å²) in [6, 6.07) is 9.78. The molecule has 1 saturated heterocycles. The molecule has 5 heteroatoms. The first-order valence-corrected chi connectivity index (χ1v) is 6.34. The number of aromatic nitrogens is 2. The van der Waals surface area contributed by atoms with Crippen molar-refractivity contribution in [1.29, 1.82) is 0 Å². The molecule has 0 radical (unpaired) electrons. The number of amides is 1. The first-order valence-electron chi connectivity index (χ1n) is 6.34. The normalized spacial score (nSPS) is 15.3. The minimum absolute atomic E-state index is 0.152. The molecule has 5 nitrogen and oxygen atoms in total. The van der Waals surface area contributed by atoms with Crippen molar-refractivity contribution in [3.8, 4) is 0 Å². The van der Waals surface area contributed by atoms with Crippen LogP contribution in [0.25, 0.3) is 0 Å². The molecule has 1 aliphatic rings. The molecular weight excluding hydrogens is 242 g/mol. The molecule has 0 spiro atoms. The summed E-state index contributed by atoms with van der Waals surface area (Å²) in [6.45, 7) is 3.14. The lowest BCUT2D eigenvalue weighted by molar-refractivity contribution is -0.135. The van der Waals surface area contributed by atoms with Gasteiger partial charge in [0.15, 0.2) is 5.82 Å². The van der Waals surface area contributed by atoms with E-state index >= 15 is 0 Å². The Bertz CT molecular complexity index is 573. The zero-order chi connectivity index (χ0) is 13.2. The maximum Gasteiger partial charge on any atom is 0.233 e. The van der Waals surface area contributed by atoms with Crippen LogP contribution in [-0.2, 0) is 11.2 Å². The van der Waals surface area contributed by atoms with Gasteiger partial charge in [-0.3, -0.25) is 4.79 Å². The fourth-order valence-electron chi connectivity index (χ4n) is 2.20. The van der Waals surface area contributed by atoms with E-state index in [1.54, 1.807) is 6.92 Å². The van der Waals surface area contributed by atoms with Crippen LogP contribution in [0.1, 0.15) is 23.2 Å². The van der Waals surface area contributed by atoms with Crippen LogP contribution in [-0.4, -0.2) is 34.0 Å². The van der Waals surface area contributed by atoms with E-state index in [9.17, 15) is 4.79 Å². The first kappa shape index (κ1) is 11.9. The van der Waals surface area contributed by atoms with E-state index in [1.807, 2.05) is 35.2 Å². The standard InChI is InChI=1S/C14H15N3O2/c1-10-15-14(19-16-10)12-8-17(9-12)13(18)7-11-5-3-2-4-6-11/h2-6,12H,7-9H2,1H3. The number of rotatable bonds is 3. The van der Waals surface area contributed by atoms with E-state index in [1.165, 1.54) is 0 Å².